The molecular formula is C19H14N4O6. The standard InChI is InChI=1S/C19H14N4O6/c1-12(28-16-8-2-13(10-20)3-9-16)19(24)27-11-17-21-22-18(29-17)14-4-6-15(7-5-14)23(25)26/h2-9,12H,11H2,1H3/t12-/m0/s1. The van der Waals surface area contributed by atoms with Crippen molar-refractivity contribution in [1.82, 2.24) is 10.2 Å². The van der Waals surface area contributed by atoms with Gasteiger partial charge < -0.3 is 13.9 Å². The van der Waals surface area contributed by atoms with E-state index in [0.29, 0.717) is 16.9 Å². The van der Waals surface area contributed by atoms with Gasteiger partial charge in [0.1, 0.15) is 5.75 Å². The van der Waals surface area contributed by atoms with E-state index in [1.54, 1.807) is 24.3 Å². The molecule has 0 spiro atoms. The third-order valence-corrected chi connectivity index (χ3v) is 3.76. The second-order valence-corrected chi connectivity index (χ2v) is 5.81. The second-order valence-electron chi connectivity index (χ2n) is 5.81. The van der Waals surface area contributed by atoms with Gasteiger partial charge in [-0.05, 0) is 43.3 Å². The van der Waals surface area contributed by atoms with Crippen molar-refractivity contribution in [3.05, 3.63) is 70.1 Å². The fraction of sp³-hybridized carbons (Fsp3) is 0.158. The van der Waals surface area contributed by atoms with Gasteiger partial charge >= 0.3 is 5.97 Å². The zero-order valence-corrected chi connectivity index (χ0v) is 15.1. The van der Waals surface area contributed by atoms with E-state index in [-0.39, 0.29) is 24.1 Å². The van der Waals surface area contributed by atoms with E-state index in [4.69, 9.17) is 19.2 Å². The third kappa shape index (κ3) is 4.92. The summed E-state index contributed by atoms with van der Waals surface area (Å²) < 4.78 is 16.0. The zero-order chi connectivity index (χ0) is 20.8. The fourth-order valence-corrected chi connectivity index (χ4v) is 2.26. The fourth-order valence-electron chi connectivity index (χ4n) is 2.26. The van der Waals surface area contributed by atoms with Gasteiger partial charge in [-0.2, -0.15) is 5.26 Å². The molecule has 0 aliphatic heterocycles. The van der Waals surface area contributed by atoms with Gasteiger partial charge in [0.2, 0.25) is 5.89 Å². The van der Waals surface area contributed by atoms with Gasteiger partial charge in [-0.25, -0.2) is 4.79 Å². The van der Waals surface area contributed by atoms with Gasteiger partial charge in [-0.15, -0.1) is 10.2 Å². The molecular weight excluding hydrogens is 380 g/mol. The van der Waals surface area contributed by atoms with Crippen molar-refractivity contribution < 1.29 is 23.6 Å². The largest absolute Gasteiger partial charge is 0.479 e. The highest BCUT2D eigenvalue weighted by Gasteiger charge is 2.18. The van der Waals surface area contributed by atoms with Crippen molar-refractivity contribution in [2.24, 2.45) is 0 Å². The topological polar surface area (TPSA) is 141 Å². The van der Waals surface area contributed by atoms with Crippen LogP contribution in [-0.4, -0.2) is 27.2 Å². The molecule has 2 aromatic carbocycles. The first-order chi connectivity index (χ1) is 14.0. The Hall–Kier alpha value is -4.26. The molecule has 0 N–H and O–H groups in total. The first-order valence-electron chi connectivity index (χ1n) is 8.37. The Balaban J connectivity index is 1.54. The first kappa shape index (κ1) is 19.5. The third-order valence-electron chi connectivity index (χ3n) is 3.76. The van der Waals surface area contributed by atoms with Crippen molar-refractivity contribution in [1.29, 1.82) is 5.26 Å². The summed E-state index contributed by atoms with van der Waals surface area (Å²) >= 11 is 0. The minimum absolute atomic E-state index is 0.0568. The van der Waals surface area contributed by atoms with Gasteiger partial charge in [-0.1, -0.05) is 0 Å². The average molecular weight is 394 g/mol. The van der Waals surface area contributed by atoms with E-state index < -0.39 is 17.0 Å². The van der Waals surface area contributed by atoms with Gasteiger partial charge in [0.15, 0.2) is 12.7 Å². The van der Waals surface area contributed by atoms with Crippen LogP contribution in [-0.2, 0) is 16.1 Å². The van der Waals surface area contributed by atoms with E-state index in [1.165, 1.54) is 31.2 Å². The van der Waals surface area contributed by atoms with Crippen LogP contribution >= 0.6 is 0 Å². The summed E-state index contributed by atoms with van der Waals surface area (Å²) in [6.45, 7) is 1.27. The summed E-state index contributed by atoms with van der Waals surface area (Å²) in [5.41, 5.74) is 0.921. The first-order valence-corrected chi connectivity index (χ1v) is 8.37. The number of hydrogen-bond donors (Lipinski definition) is 0. The average Bonchev–Trinajstić information content (AvgIpc) is 3.21. The number of nitro benzene ring substituents is 1. The number of carbonyl (C=O) groups excluding carboxylic acids is 1. The molecule has 3 rings (SSSR count). The number of esters is 1. The van der Waals surface area contributed by atoms with Gasteiger partial charge in [0.25, 0.3) is 11.6 Å². The van der Waals surface area contributed by atoms with Crippen LogP contribution in [0.5, 0.6) is 5.75 Å². The predicted molar refractivity (Wildman–Crippen MR) is 97.4 cm³/mol. The number of nitriles is 1. The summed E-state index contributed by atoms with van der Waals surface area (Å²) in [6.07, 6.45) is -0.889. The molecule has 29 heavy (non-hydrogen) atoms. The van der Waals surface area contributed by atoms with Crippen LogP contribution in [0.15, 0.2) is 52.9 Å². The summed E-state index contributed by atoms with van der Waals surface area (Å²) in [7, 11) is 0. The predicted octanol–water partition coefficient (Wildman–Crippen LogP) is 3.03. The van der Waals surface area contributed by atoms with Crippen LogP contribution in [0.1, 0.15) is 18.4 Å². The maximum absolute atomic E-state index is 12.1. The Morgan fingerprint density at radius 2 is 1.90 bits per heavy atom. The molecule has 10 heteroatoms. The number of benzene rings is 2. The molecule has 0 aliphatic carbocycles. The van der Waals surface area contributed by atoms with Gasteiger partial charge in [0.05, 0.1) is 16.6 Å². The molecule has 0 saturated heterocycles. The van der Waals surface area contributed by atoms with Crippen molar-refractivity contribution in [3.8, 4) is 23.3 Å². The summed E-state index contributed by atoms with van der Waals surface area (Å²) in [5, 5.41) is 27.1. The highest BCUT2D eigenvalue weighted by atomic mass is 16.6. The summed E-state index contributed by atoms with van der Waals surface area (Å²) in [5.74, 6) is 0.00115. The minimum Gasteiger partial charge on any atom is -0.479 e. The molecule has 1 atom stereocenters. The monoisotopic (exact) mass is 394 g/mol. The van der Waals surface area contributed by atoms with E-state index >= 15 is 0 Å². The lowest BCUT2D eigenvalue weighted by molar-refractivity contribution is -0.384. The SMILES string of the molecule is C[C@H](Oc1ccc(C#N)cc1)C(=O)OCc1nnc(-c2ccc([N+](=O)[O-])cc2)o1. The Bertz CT molecular complexity index is 1050. The van der Waals surface area contributed by atoms with Crippen molar-refractivity contribution >= 4 is 11.7 Å². The maximum Gasteiger partial charge on any atom is 0.347 e. The van der Waals surface area contributed by atoms with Gasteiger partial charge in [-0.3, -0.25) is 10.1 Å². The lowest BCUT2D eigenvalue weighted by Crippen LogP contribution is -2.26. The summed E-state index contributed by atoms with van der Waals surface area (Å²) in [6, 6.07) is 13.9. The molecule has 0 radical (unpaired) electrons. The molecule has 0 unspecified atom stereocenters. The van der Waals surface area contributed by atoms with E-state index in [0.717, 1.165) is 0 Å². The van der Waals surface area contributed by atoms with Crippen LogP contribution < -0.4 is 4.74 Å². The molecule has 0 amide bonds. The van der Waals surface area contributed by atoms with E-state index in [2.05, 4.69) is 10.2 Å². The van der Waals surface area contributed by atoms with E-state index in [1.807, 2.05) is 6.07 Å². The van der Waals surface area contributed by atoms with Crippen LogP contribution in [0.2, 0.25) is 0 Å². The minimum atomic E-state index is -0.889. The van der Waals surface area contributed by atoms with Crippen LogP contribution in [0, 0.1) is 21.4 Å². The van der Waals surface area contributed by atoms with Crippen molar-refractivity contribution in [3.63, 3.8) is 0 Å². The van der Waals surface area contributed by atoms with Crippen LogP contribution in [0.3, 0.4) is 0 Å². The number of rotatable bonds is 7. The Kier molecular flexibility index (Phi) is 5.80. The highest BCUT2D eigenvalue weighted by Crippen LogP contribution is 2.21. The normalized spacial score (nSPS) is 11.3. The Labute approximate surface area is 164 Å². The number of aromatic nitrogens is 2. The van der Waals surface area contributed by atoms with Crippen LogP contribution in [0.4, 0.5) is 5.69 Å². The van der Waals surface area contributed by atoms with Crippen LogP contribution in [0.25, 0.3) is 11.5 Å². The lowest BCUT2D eigenvalue weighted by Gasteiger charge is -2.13. The molecule has 1 aromatic heterocycles. The molecule has 10 nitrogen and oxygen atoms in total. The number of carbonyl (C=O) groups is 1. The number of non-ortho nitro benzene ring substituents is 1. The maximum atomic E-state index is 12.1. The summed E-state index contributed by atoms with van der Waals surface area (Å²) in [4.78, 5) is 22.2. The number of ether oxygens (including phenoxy) is 2. The smallest absolute Gasteiger partial charge is 0.347 e. The van der Waals surface area contributed by atoms with Crippen molar-refractivity contribution in [2.75, 3.05) is 0 Å². The molecule has 0 saturated carbocycles. The molecule has 0 bridgehead atoms. The lowest BCUT2D eigenvalue weighted by atomic mass is 10.2. The van der Waals surface area contributed by atoms with Crippen molar-refractivity contribution in [2.45, 2.75) is 19.6 Å². The molecule has 146 valence electrons. The number of nitro groups is 1. The Morgan fingerprint density at radius 1 is 1.21 bits per heavy atom. The molecule has 3 aromatic rings. The van der Waals surface area contributed by atoms with E-state index in [9.17, 15) is 14.9 Å². The number of hydrogen-bond acceptors (Lipinski definition) is 9. The Morgan fingerprint density at radius 3 is 2.52 bits per heavy atom. The van der Waals surface area contributed by atoms with Gasteiger partial charge in [0, 0.05) is 17.7 Å². The second kappa shape index (κ2) is 8.62. The highest BCUT2D eigenvalue weighted by molar-refractivity contribution is 5.74. The molecule has 1 heterocycles. The molecule has 0 fully saturated rings. The number of nitrogens with zero attached hydrogens (tertiary/aromatic N) is 4. The molecule has 0 aliphatic rings. The zero-order valence-electron chi connectivity index (χ0n) is 15.1. The quantitative estimate of drug-likeness (QED) is 0.336.